The minimum absolute atomic E-state index is 0.769. The second-order valence-electron chi connectivity index (χ2n) is 8.82. The zero-order valence-corrected chi connectivity index (χ0v) is 20.3. The molecular weight excluding hydrogens is 412 g/mol. The number of para-hydroxylation sites is 1. The van der Waals surface area contributed by atoms with Gasteiger partial charge in [0.2, 0.25) is 5.95 Å². The Labute approximate surface area is 197 Å². The Bertz CT molecular complexity index is 1090. The van der Waals surface area contributed by atoms with Gasteiger partial charge in [0.25, 0.3) is 0 Å². The van der Waals surface area contributed by atoms with Gasteiger partial charge in [-0.2, -0.15) is 9.97 Å². The van der Waals surface area contributed by atoms with E-state index in [0.29, 0.717) is 0 Å². The van der Waals surface area contributed by atoms with Crippen LogP contribution in [0.15, 0.2) is 48.5 Å². The Hall–Kier alpha value is -3.32. The van der Waals surface area contributed by atoms with Crippen LogP contribution in [0.1, 0.15) is 16.7 Å². The monoisotopic (exact) mass is 446 g/mol. The molecule has 0 aliphatic carbocycles. The first-order valence-corrected chi connectivity index (χ1v) is 11.4. The quantitative estimate of drug-likeness (QED) is 0.583. The van der Waals surface area contributed by atoms with E-state index in [1.165, 1.54) is 16.7 Å². The van der Waals surface area contributed by atoms with E-state index in [-0.39, 0.29) is 0 Å². The molecule has 2 heterocycles. The molecule has 3 aromatic rings. The summed E-state index contributed by atoms with van der Waals surface area (Å²) < 4.78 is 5.52. The Morgan fingerprint density at radius 1 is 0.970 bits per heavy atom. The highest BCUT2D eigenvalue weighted by Gasteiger charge is 2.21. The van der Waals surface area contributed by atoms with Crippen molar-refractivity contribution in [3.05, 3.63) is 65.2 Å². The van der Waals surface area contributed by atoms with Gasteiger partial charge in [0.05, 0.1) is 7.11 Å². The molecule has 7 heteroatoms. The summed E-state index contributed by atoms with van der Waals surface area (Å²) in [6.07, 6.45) is 0. The number of benzene rings is 2. The highest BCUT2D eigenvalue weighted by Crippen LogP contribution is 2.26. The predicted molar refractivity (Wildman–Crippen MR) is 136 cm³/mol. The first kappa shape index (κ1) is 22.9. The molecule has 0 saturated carbocycles. The van der Waals surface area contributed by atoms with Gasteiger partial charge in [0.15, 0.2) is 0 Å². The lowest BCUT2D eigenvalue weighted by molar-refractivity contribution is 0.245. The van der Waals surface area contributed by atoms with Crippen molar-refractivity contribution in [2.75, 3.05) is 62.5 Å². The number of methoxy groups -OCH3 is 1. The van der Waals surface area contributed by atoms with Crippen molar-refractivity contribution in [1.82, 2.24) is 14.9 Å². The van der Waals surface area contributed by atoms with E-state index in [1.807, 2.05) is 37.2 Å². The maximum absolute atomic E-state index is 5.52. The van der Waals surface area contributed by atoms with Gasteiger partial charge in [-0.25, -0.2) is 0 Å². The van der Waals surface area contributed by atoms with E-state index < -0.39 is 0 Å². The fraction of sp³-hybridized carbons (Fsp3) is 0.385. The third-order valence-corrected chi connectivity index (χ3v) is 6.05. The summed E-state index contributed by atoms with van der Waals surface area (Å²) >= 11 is 0. The van der Waals surface area contributed by atoms with E-state index in [4.69, 9.17) is 14.7 Å². The van der Waals surface area contributed by atoms with Gasteiger partial charge in [-0.1, -0.05) is 35.9 Å². The molecule has 33 heavy (non-hydrogen) atoms. The minimum atomic E-state index is 0.769. The molecule has 1 fully saturated rings. The molecule has 0 amide bonds. The molecular formula is C26H34N6O. The van der Waals surface area contributed by atoms with Crippen LogP contribution in [0.5, 0.6) is 5.75 Å². The van der Waals surface area contributed by atoms with E-state index in [0.717, 1.165) is 61.7 Å². The summed E-state index contributed by atoms with van der Waals surface area (Å²) in [5, 5.41) is 3.50. The van der Waals surface area contributed by atoms with E-state index in [9.17, 15) is 0 Å². The zero-order valence-electron chi connectivity index (χ0n) is 20.3. The van der Waals surface area contributed by atoms with Crippen molar-refractivity contribution in [2.24, 2.45) is 0 Å². The first-order valence-electron chi connectivity index (χ1n) is 11.4. The average molecular weight is 447 g/mol. The number of aryl methyl sites for hydroxylation is 2. The van der Waals surface area contributed by atoms with Crippen LogP contribution < -0.4 is 19.9 Å². The third kappa shape index (κ3) is 5.54. The van der Waals surface area contributed by atoms with Gasteiger partial charge in [-0.05, 0) is 31.5 Å². The van der Waals surface area contributed by atoms with Crippen molar-refractivity contribution in [3.63, 3.8) is 0 Å². The van der Waals surface area contributed by atoms with E-state index >= 15 is 0 Å². The SMILES string of the molecule is COc1ccccc1CN1CCN(c2nc(Nc3ccc(C)cc3C)cc(N(C)C)n2)CC1. The average Bonchev–Trinajstić information content (AvgIpc) is 2.81. The highest BCUT2D eigenvalue weighted by atomic mass is 16.5. The fourth-order valence-electron chi connectivity index (χ4n) is 4.13. The standard InChI is InChI=1S/C26H34N6O/c1-19-10-11-22(20(2)16-19)27-24-17-25(30(3)4)29-26(28-24)32-14-12-31(13-15-32)18-21-8-6-7-9-23(21)33-5/h6-11,16-17H,12-15,18H2,1-5H3,(H,27,28,29). The van der Waals surface area contributed by atoms with Gasteiger partial charge in [-0.15, -0.1) is 0 Å². The van der Waals surface area contributed by atoms with Crippen LogP contribution in [-0.2, 0) is 6.54 Å². The molecule has 1 N–H and O–H groups in total. The van der Waals surface area contributed by atoms with Gasteiger partial charge < -0.3 is 19.9 Å². The molecule has 1 aromatic heterocycles. The molecule has 0 bridgehead atoms. The summed E-state index contributed by atoms with van der Waals surface area (Å²) in [7, 11) is 5.76. The van der Waals surface area contributed by atoms with Crippen LogP contribution in [0.25, 0.3) is 0 Å². The number of hydrogen-bond acceptors (Lipinski definition) is 7. The van der Waals surface area contributed by atoms with Gasteiger partial charge in [-0.3, -0.25) is 4.90 Å². The summed E-state index contributed by atoms with van der Waals surface area (Å²) in [5.74, 6) is 3.42. The Morgan fingerprint density at radius 3 is 2.42 bits per heavy atom. The van der Waals surface area contributed by atoms with E-state index in [2.05, 4.69) is 59.3 Å². The lowest BCUT2D eigenvalue weighted by atomic mass is 10.1. The van der Waals surface area contributed by atoms with Crippen molar-refractivity contribution < 1.29 is 4.74 Å². The summed E-state index contributed by atoms with van der Waals surface area (Å²) in [6.45, 7) is 8.78. The van der Waals surface area contributed by atoms with Crippen LogP contribution in [0, 0.1) is 13.8 Å². The Balaban J connectivity index is 1.48. The van der Waals surface area contributed by atoms with Gasteiger partial charge in [0, 0.05) is 64.1 Å². The van der Waals surface area contributed by atoms with Crippen molar-refractivity contribution >= 4 is 23.3 Å². The maximum Gasteiger partial charge on any atom is 0.229 e. The second kappa shape index (κ2) is 10.1. The molecule has 0 unspecified atom stereocenters. The van der Waals surface area contributed by atoms with Crippen LogP contribution in [-0.4, -0.2) is 62.3 Å². The number of rotatable bonds is 7. The van der Waals surface area contributed by atoms with Crippen LogP contribution in [0.2, 0.25) is 0 Å². The lowest BCUT2D eigenvalue weighted by Gasteiger charge is -2.35. The number of aromatic nitrogens is 2. The lowest BCUT2D eigenvalue weighted by Crippen LogP contribution is -2.46. The number of piperazine rings is 1. The molecule has 0 atom stereocenters. The smallest absolute Gasteiger partial charge is 0.229 e. The number of anilines is 4. The van der Waals surface area contributed by atoms with Crippen LogP contribution >= 0.6 is 0 Å². The number of nitrogens with one attached hydrogen (secondary N) is 1. The fourth-order valence-corrected chi connectivity index (χ4v) is 4.13. The molecule has 1 aliphatic heterocycles. The normalized spacial score (nSPS) is 14.3. The molecule has 1 aliphatic rings. The summed E-state index contributed by atoms with van der Waals surface area (Å²) in [5.41, 5.74) is 4.74. The van der Waals surface area contributed by atoms with Crippen molar-refractivity contribution in [3.8, 4) is 5.75 Å². The molecule has 0 radical (unpaired) electrons. The number of ether oxygens (including phenoxy) is 1. The molecule has 1 saturated heterocycles. The largest absolute Gasteiger partial charge is 0.496 e. The molecule has 7 nitrogen and oxygen atoms in total. The summed E-state index contributed by atoms with van der Waals surface area (Å²) in [6, 6.07) is 16.6. The first-order chi connectivity index (χ1) is 15.9. The number of nitrogens with zero attached hydrogens (tertiary/aromatic N) is 5. The Morgan fingerprint density at radius 2 is 1.73 bits per heavy atom. The van der Waals surface area contributed by atoms with Gasteiger partial charge >= 0.3 is 0 Å². The molecule has 174 valence electrons. The third-order valence-electron chi connectivity index (χ3n) is 6.05. The van der Waals surface area contributed by atoms with Crippen molar-refractivity contribution in [1.29, 1.82) is 0 Å². The highest BCUT2D eigenvalue weighted by molar-refractivity contribution is 5.64. The molecule has 2 aromatic carbocycles. The van der Waals surface area contributed by atoms with Crippen LogP contribution in [0.3, 0.4) is 0 Å². The Kier molecular flexibility index (Phi) is 6.99. The number of hydrogen-bond donors (Lipinski definition) is 1. The van der Waals surface area contributed by atoms with E-state index in [1.54, 1.807) is 7.11 Å². The molecule has 4 rings (SSSR count). The topological polar surface area (TPSA) is 56.8 Å². The zero-order chi connectivity index (χ0) is 23.4. The maximum atomic E-state index is 5.52. The van der Waals surface area contributed by atoms with Crippen molar-refractivity contribution in [2.45, 2.75) is 20.4 Å². The van der Waals surface area contributed by atoms with Gasteiger partial charge in [0.1, 0.15) is 17.4 Å². The second-order valence-corrected chi connectivity index (χ2v) is 8.82. The van der Waals surface area contributed by atoms with Crippen LogP contribution in [0.4, 0.5) is 23.3 Å². The summed E-state index contributed by atoms with van der Waals surface area (Å²) in [4.78, 5) is 16.5. The predicted octanol–water partition coefficient (Wildman–Crippen LogP) is 4.23. The molecule has 0 spiro atoms. The minimum Gasteiger partial charge on any atom is -0.496 e.